The molecule has 0 aromatic heterocycles. The van der Waals surface area contributed by atoms with Crippen molar-refractivity contribution in [2.45, 2.75) is 19.4 Å². The number of ether oxygens (including phenoxy) is 1. The minimum Gasteiger partial charge on any atom is -0.494 e. The summed E-state index contributed by atoms with van der Waals surface area (Å²) in [4.78, 5) is 2.38. The molecule has 94 valence electrons. The van der Waals surface area contributed by atoms with E-state index in [1.54, 1.807) is 0 Å². The Morgan fingerprint density at radius 1 is 1.41 bits per heavy atom. The molecule has 2 atom stereocenters. The largest absolute Gasteiger partial charge is 0.494 e. The van der Waals surface area contributed by atoms with Crippen LogP contribution in [-0.4, -0.2) is 31.6 Å². The molecule has 0 spiro atoms. The predicted molar refractivity (Wildman–Crippen MR) is 70.1 cm³/mol. The summed E-state index contributed by atoms with van der Waals surface area (Å²) < 4.78 is 5.72. The highest BCUT2D eigenvalue weighted by Crippen LogP contribution is 2.39. The first-order valence-corrected chi connectivity index (χ1v) is 6.40. The normalized spacial score (nSPS) is 25.1. The van der Waals surface area contributed by atoms with Crippen LogP contribution in [0.25, 0.3) is 0 Å². The van der Waals surface area contributed by atoms with Gasteiger partial charge in [0.1, 0.15) is 5.75 Å². The molecule has 1 saturated heterocycles. The van der Waals surface area contributed by atoms with Crippen molar-refractivity contribution in [1.29, 1.82) is 0 Å². The molecule has 0 bridgehead atoms. The maximum absolute atomic E-state index is 5.88. The van der Waals surface area contributed by atoms with Gasteiger partial charge in [0.15, 0.2) is 0 Å². The van der Waals surface area contributed by atoms with E-state index in [0.717, 1.165) is 18.8 Å². The van der Waals surface area contributed by atoms with Crippen molar-refractivity contribution >= 4 is 0 Å². The van der Waals surface area contributed by atoms with Crippen LogP contribution in [0.2, 0.25) is 0 Å². The van der Waals surface area contributed by atoms with Gasteiger partial charge >= 0.3 is 0 Å². The van der Waals surface area contributed by atoms with E-state index >= 15 is 0 Å². The van der Waals surface area contributed by atoms with Gasteiger partial charge in [0.05, 0.1) is 6.61 Å². The smallest absolute Gasteiger partial charge is 0.124 e. The Kier molecular flexibility index (Phi) is 4.02. The van der Waals surface area contributed by atoms with Gasteiger partial charge in [-0.15, -0.1) is 0 Å². The Hall–Kier alpha value is -1.06. The van der Waals surface area contributed by atoms with Gasteiger partial charge in [0, 0.05) is 11.6 Å². The van der Waals surface area contributed by atoms with E-state index in [4.69, 9.17) is 10.5 Å². The first kappa shape index (κ1) is 12.4. The highest BCUT2D eigenvalue weighted by molar-refractivity contribution is 5.37. The zero-order valence-electron chi connectivity index (χ0n) is 10.7. The Morgan fingerprint density at radius 3 is 2.88 bits per heavy atom. The van der Waals surface area contributed by atoms with Crippen molar-refractivity contribution in [3.63, 3.8) is 0 Å². The quantitative estimate of drug-likeness (QED) is 0.866. The summed E-state index contributed by atoms with van der Waals surface area (Å²) in [6.45, 7) is 4.60. The fourth-order valence-corrected chi connectivity index (χ4v) is 2.78. The van der Waals surface area contributed by atoms with Gasteiger partial charge < -0.3 is 10.5 Å². The van der Waals surface area contributed by atoms with E-state index in [0.29, 0.717) is 18.6 Å². The van der Waals surface area contributed by atoms with Gasteiger partial charge in [-0.05, 0) is 45.5 Å². The predicted octanol–water partition coefficient (Wildman–Crippen LogP) is 2.04. The Morgan fingerprint density at radius 2 is 2.18 bits per heavy atom. The molecule has 1 aromatic carbocycles. The minimum atomic E-state index is 0.405. The topological polar surface area (TPSA) is 38.5 Å². The molecule has 1 aliphatic heterocycles. The number of nitrogens with zero attached hydrogens (tertiary/aromatic N) is 1. The lowest BCUT2D eigenvalue weighted by Gasteiger charge is -2.26. The molecule has 0 saturated carbocycles. The van der Waals surface area contributed by atoms with Crippen LogP contribution >= 0.6 is 0 Å². The monoisotopic (exact) mass is 234 g/mol. The second-order valence-corrected chi connectivity index (χ2v) is 4.68. The number of rotatable bonds is 4. The van der Waals surface area contributed by atoms with Gasteiger partial charge in [0.2, 0.25) is 0 Å². The van der Waals surface area contributed by atoms with Crippen molar-refractivity contribution in [1.82, 2.24) is 4.90 Å². The fourth-order valence-electron chi connectivity index (χ4n) is 2.78. The maximum atomic E-state index is 5.88. The molecule has 2 rings (SSSR count). The number of hydrogen-bond acceptors (Lipinski definition) is 3. The third kappa shape index (κ3) is 2.45. The van der Waals surface area contributed by atoms with Crippen LogP contribution in [0.15, 0.2) is 24.3 Å². The van der Waals surface area contributed by atoms with Crippen LogP contribution in [0.4, 0.5) is 0 Å². The van der Waals surface area contributed by atoms with Gasteiger partial charge in [-0.2, -0.15) is 0 Å². The molecule has 17 heavy (non-hydrogen) atoms. The Bertz CT molecular complexity index is 367. The van der Waals surface area contributed by atoms with Gasteiger partial charge in [-0.3, -0.25) is 4.90 Å². The van der Waals surface area contributed by atoms with E-state index in [9.17, 15) is 0 Å². The highest BCUT2D eigenvalue weighted by Gasteiger charge is 2.33. The summed E-state index contributed by atoms with van der Waals surface area (Å²) in [5.74, 6) is 1.55. The molecule has 2 unspecified atom stereocenters. The van der Waals surface area contributed by atoms with Crippen LogP contribution in [0.3, 0.4) is 0 Å². The van der Waals surface area contributed by atoms with E-state index in [2.05, 4.69) is 30.1 Å². The standard InChI is InChI=1S/C14H22N2O/c1-3-17-13-7-5-4-6-12(13)14-11(10-15)8-9-16(14)2/h4-7,11,14H,3,8-10,15H2,1-2H3. The molecule has 1 fully saturated rings. The zero-order valence-corrected chi connectivity index (χ0v) is 10.7. The van der Waals surface area contributed by atoms with E-state index in [-0.39, 0.29) is 0 Å². The Labute approximate surface area is 104 Å². The summed E-state index contributed by atoms with van der Waals surface area (Å²) in [7, 11) is 2.17. The van der Waals surface area contributed by atoms with Crippen LogP contribution in [0.1, 0.15) is 24.9 Å². The zero-order chi connectivity index (χ0) is 12.3. The summed E-state index contributed by atoms with van der Waals surface area (Å²) >= 11 is 0. The molecule has 0 radical (unpaired) electrons. The fraction of sp³-hybridized carbons (Fsp3) is 0.571. The molecule has 2 N–H and O–H groups in total. The molecular weight excluding hydrogens is 212 g/mol. The minimum absolute atomic E-state index is 0.405. The molecule has 1 aliphatic rings. The van der Waals surface area contributed by atoms with Crippen molar-refractivity contribution in [3.05, 3.63) is 29.8 Å². The van der Waals surface area contributed by atoms with Crippen molar-refractivity contribution < 1.29 is 4.74 Å². The van der Waals surface area contributed by atoms with Crippen LogP contribution in [0.5, 0.6) is 5.75 Å². The molecule has 1 heterocycles. The van der Waals surface area contributed by atoms with Gasteiger partial charge in [-0.25, -0.2) is 0 Å². The molecular formula is C14H22N2O. The van der Waals surface area contributed by atoms with Gasteiger partial charge in [-0.1, -0.05) is 18.2 Å². The Balaban J connectivity index is 2.31. The lowest BCUT2D eigenvalue weighted by Crippen LogP contribution is -2.25. The van der Waals surface area contributed by atoms with E-state index in [1.165, 1.54) is 12.0 Å². The number of hydrogen-bond donors (Lipinski definition) is 1. The van der Waals surface area contributed by atoms with E-state index in [1.807, 2.05) is 13.0 Å². The number of likely N-dealkylation sites (tertiary alicyclic amines) is 1. The van der Waals surface area contributed by atoms with Crippen molar-refractivity contribution in [2.24, 2.45) is 11.7 Å². The number of para-hydroxylation sites is 1. The highest BCUT2D eigenvalue weighted by atomic mass is 16.5. The number of nitrogens with two attached hydrogens (primary N) is 1. The molecule has 1 aromatic rings. The molecule has 3 heteroatoms. The molecule has 3 nitrogen and oxygen atoms in total. The van der Waals surface area contributed by atoms with Crippen molar-refractivity contribution in [3.8, 4) is 5.75 Å². The first-order valence-electron chi connectivity index (χ1n) is 6.40. The van der Waals surface area contributed by atoms with Crippen LogP contribution in [0, 0.1) is 5.92 Å². The summed E-state index contributed by atoms with van der Waals surface area (Å²) in [6.07, 6.45) is 1.18. The van der Waals surface area contributed by atoms with E-state index < -0.39 is 0 Å². The lowest BCUT2D eigenvalue weighted by molar-refractivity contribution is 0.263. The number of benzene rings is 1. The molecule has 0 aliphatic carbocycles. The first-order chi connectivity index (χ1) is 8.27. The van der Waals surface area contributed by atoms with Crippen LogP contribution < -0.4 is 10.5 Å². The summed E-state index contributed by atoms with van der Waals surface area (Å²) in [5.41, 5.74) is 7.16. The summed E-state index contributed by atoms with van der Waals surface area (Å²) in [6, 6.07) is 8.74. The SMILES string of the molecule is CCOc1ccccc1C1C(CN)CCN1C. The summed E-state index contributed by atoms with van der Waals surface area (Å²) in [5, 5.41) is 0. The molecule has 0 amide bonds. The van der Waals surface area contributed by atoms with Crippen molar-refractivity contribution in [2.75, 3.05) is 26.7 Å². The average Bonchev–Trinajstić information content (AvgIpc) is 2.72. The maximum Gasteiger partial charge on any atom is 0.124 e. The van der Waals surface area contributed by atoms with Gasteiger partial charge in [0.25, 0.3) is 0 Å². The lowest BCUT2D eigenvalue weighted by atomic mass is 9.93. The van der Waals surface area contributed by atoms with Crippen LogP contribution in [-0.2, 0) is 0 Å². The average molecular weight is 234 g/mol. The second-order valence-electron chi connectivity index (χ2n) is 4.68. The third-order valence-electron chi connectivity index (χ3n) is 3.61. The third-order valence-corrected chi connectivity index (χ3v) is 3.61. The second kappa shape index (κ2) is 5.52.